The Morgan fingerprint density at radius 1 is 1.19 bits per heavy atom. The van der Waals surface area contributed by atoms with Crippen LogP contribution in [0.1, 0.15) is 65.1 Å². The Labute approximate surface area is 214 Å². The predicted molar refractivity (Wildman–Crippen MR) is 136 cm³/mol. The first kappa shape index (κ1) is 29.7. The first-order valence-electron chi connectivity index (χ1n) is 11.3. The normalized spacial score (nSPS) is 13.9. The minimum absolute atomic E-state index is 0.104. The van der Waals surface area contributed by atoms with Crippen molar-refractivity contribution in [3.63, 3.8) is 0 Å². The maximum Gasteiger partial charge on any atom is 0.335 e. The third-order valence-electron chi connectivity index (χ3n) is 4.60. The molecule has 2 rings (SSSR count). The second-order valence-corrected chi connectivity index (χ2v) is 12.8. The van der Waals surface area contributed by atoms with Crippen LogP contribution in [0.2, 0.25) is 0 Å². The topological polar surface area (TPSA) is 160 Å². The molecule has 2 aromatic rings. The molecule has 200 valence electrons. The summed E-state index contributed by atoms with van der Waals surface area (Å²) >= 11 is 1.02. The van der Waals surface area contributed by atoms with E-state index in [0.29, 0.717) is 0 Å². The number of Topliss-reactive ketones (excluding diaryl/α,β-unsaturated/α-hetero) is 1. The van der Waals surface area contributed by atoms with E-state index in [9.17, 15) is 18.9 Å². The number of hydrogen-bond acceptors (Lipinski definition) is 11. The van der Waals surface area contributed by atoms with Gasteiger partial charge in [-0.2, -0.15) is 0 Å². The molecule has 2 aromatic heterocycles. The number of carbonyl (C=O) groups excluding carboxylic acids is 3. The highest BCUT2D eigenvalue weighted by Crippen LogP contribution is 2.45. The summed E-state index contributed by atoms with van der Waals surface area (Å²) in [6.07, 6.45) is -0.414. The monoisotopic (exact) mass is 543 g/mol. The fraction of sp³-hybridized carbons (Fsp3) is 0.565. The van der Waals surface area contributed by atoms with E-state index in [1.54, 1.807) is 41.5 Å². The molecule has 0 saturated carbocycles. The van der Waals surface area contributed by atoms with Crippen LogP contribution in [-0.4, -0.2) is 47.6 Å². The highest BCUT2D eigenvalue weighted by Gasteiger charge is 2.42. The van der Waals surface area contributed by atoms with Gasteiger partial charge in [0.1, 0.15) is 16.1 Å². The molecule has 0 amide bonds. The first-order valence-corrected chi connectivity index (χ1v) is 13.8. The zero-order valence-electron chi connectivity index (χ0n) is 21.8. The Morgan fingerprint density at radius 2 is 1.83 bits per heavy atom. The highest BCUT2D eigenvalue weighted by molar-refractivity contribution is 7.64. The lowest BCUT2D eigenvalue weighted by Gasteiger charge is -2.29. The number of aromatic nitrogens is 1. The number of nitrogens with two attached hydrogens (primary N) is 1. The Bertz CT molecular complexity index is 1160. The third-order valence-corrected chi connectivity index (χ3v) is 7.65. The summed E-state index contributed by atoms with van der Waals surface area (Å²) in [5, 5.41) is 2.83. The maximum atomic E-state index is 14.0. The van der Waals surface area contributed by atoms with Gasteiger partial charge in [-0.3, -0.25) is 14.2 Å². The Morgan fingerprint density at radius 3 is 2.39 bits per heavy atom. The summed E-state index contributed by atoms with van der Waals surface area (Å²) in [7, 11) is -4.19. The smallest absolute Gasteiger partial charge is 0.335 e. The average Bonchev–Trinajstić information content (AvgIpc) is 3.37. The van der Waals surface area contributed by atoms with E-state index in [2.05, 4.69) is 10.1 Å². The SMILES string of the molecule is CCOC(=O)COP(=O)(NC(C)(C)C(=O)OC(C)C)c1ccc(-c2nc(N)sc2C(=O)C(C)(C)C)o1. The van der Waals surface area contributed by atoms with Gasteiger partial charge in [-0.15, -0.1) is 0 Å². The summed E-state index contributed by atoms with van der Waals surface area (Å²) in [6, 6.07) is 2.82. The van der Waals surface area contributed by atoms with Crippen LogP contribution in [0.4, 0.5) is 5.13 Å². The second kappa shape index (κ2) is 11.2. The number of ketones is 1. The number of anilines is 1. The number of nitrogens with one attached hydrogen (secondary N) is 1. The maximum absolute atomic E-state index is 14.0. The third kappa shape index (κ3) is 7.25. The lowest BCUT2D eigenvalue weighted by Crippen LogP contribution is -2.48. The van der Waals surface area contributed by atoms with Crippen LogP contribution in [0.15, 0.2) is 16.5 Å². The fourth-order valence-corrected chi connectivity index (χ4v) is 5.78. The van der Waals surface area contributed by atoms with Gasteiger partial charge in [0.15, 0.2) is 23.3 Å². The minimum atomic E-state index is -4.19. The number of nitrogens with zero attached hydrogens (tertiary/aromatic N) is 1. The summed E-state index contributed by atoms with van der Waals surface area (Å²) in [5.74, 6) is -1.51. The van der Waals surface area contributed by atoms with Crippen LogP contribution in [0.3, 0.4) is 0 Å². The molecular formula is C23H34N3O8PS. The standard InChI is InChI=1S/C23H34N3O8PS/c1-9-31-15(27)12-32-35(30,26-23(7,8)20(29)33-13(2)3)16-11-10-14(34-16)17-18(36-21(24)25-17)19(28)22(4,5)6/h10-11,13H,9,12H2,1-8H3,(H2,24,25)(H,26,30). The molecule has 0 aromatic carbocycles. The van der Waals surface area contributed by atoms with Crippen LogP contribution < -0.4 is 16.3 Å². The van der Waals surface area contributed by atoms with Crippen molar-refractivity contribution in [2.75, 3.05) is 18.9 Å². The number of carbonyl (C=O) groups is 3. The Kier molecular flexibility index (Phi) is 9.28. The number of thiazole rings is 1. The summed E-state index contributed by atoms with van der Waals surface area (Å²) < 4.78 is 35.4. The quantitative estimate of drug-likeness (QED) is 0.240. The summed E-state index contributed by atoms with van der Waals surface area (Å²) in [6.45, 7) is 12.6. The zero-order valence-corrected chi connectivity index (χ0v) is 23.5. The largest absolute Gasteiger partial charge is 0.464 e. The molecule has 0 saturated heterocycles. The molecule has 0 bridgehead atoms. The van der Waals surface area contributed by atoms with Gasteiger partial charge < -0.3 is 24.1 Å². The molecule has 0 spiro atoms. The van der Waals surface area contributed by atoms with Gasteiger partial charge in [0.25, 0.3) is 0 Å². The molecule has 3 N–H and O–H groups in total. The number of furan rings is 1. The van der Waals surface area contributed by atoms with Gasteiger partial charge in [-0.25, -0.2) is 14.9 Å². The fourth-order valence-electron chi connectivity index (χ4n) is 2.88. The summed E-state index contributed by atoms with van der Waals surface area (Å²) in [5.41, 5.74) is 3.68. The number of esters is 2. The van der Waals surface area contributed by atoms with Gasteiger partial charge in [0, 0.05) is 5.41 Å². The lowest BCUT2D eigenvalue weighted by atomic mass is 9.89. The van der Waals surface area contributed by atoms with Crippen molar-refractivity contribution in [1.29, 1.82) is 0 Å². The molecule has 13 heteroatoms. The van der Waals surface area contributed by atoms with E-state index in [1.807, 2.05) is 0 Å². The number of ether oxygens (including phenoxy) is 2. The molecule has 11 nitrogen and oxygen atoms in total. The Balaban J connectivity index is 2.50. The lowest BCUT2D eigenvalue weighted by molar-refractivity contribution is -0.153. The van der Waals surface area contributed by atoms with Crippen LogP contribution in [0, 0.1) is 5.41 Å². The zero-order chi connectivity index (χ0) is 27.5. The van der Waals surface area contributed by atoms with Crippen molar-refractivity contribution < 1.29 is 37.4 Å². The molecule has 0 aliphatic carbocycles. The molecule has 2 heterocycles. The molecular weight excluding hydrogens is 509 g/mol. The van der Waals surface area contributed by atoms with Gasteiger partial charge in [-0.05, 0) is 46.8 Å². The van der Waals surface area contributed by atoms with Crippen molar-refractivity contribution in [2.45, 2.75) is 67.0 Å². The highest BCUT2D eigenvalue weighted by atomic mass is 32.1. The molecule has 0 fully saturated rings. The molecule has 1 unspecified atom stereocenters. The molecule has 0 aliphatic heterocycles. The molecule has 36 heavy (non-hydrogen) atoms. The first-order chi connectivity index (χ1) is 16.5. The van der Waals surface area contributed by atoms with Crippen molar-refractivity contribution in [3.8, 4) is 11.5 Å². The van der Waals surface area contributed by atoms with Gasteiger partial charge >= 0.3 is 19.5 Å². The van der Waals surface area contributed by atoms with E-state index in [-0.39, 0.29) is 39.4 Å². The van der Waals surface area contributed by atoms with E-state index in [1.165, 1.54) is 26.0 Å². The number of nitrogen functional groups attached to an aromatic ring is 1. The minimum Gasteiger partial charge on any atom is -0.464 e. The van der Waals surface area contributed by atoms with E-state index in [0.717, 1.165) is 11.3 Å². The van der Waals surface area contributed by atoms with E-state index < -0.39 is 43.1 Å². The second-order valence-electron chi connectivity index (χ2n) is 9.77. The van der Waals surface area contributed by atoms with Crippen LogP contribution in [0.25, 0.3) is 11.5 Å². The predicted octanol–water partition coefficient (Wildman–Crippen LogP) is 3.93. The van der Waals surface area contributed by atoms with E-state index >= 15 is 0 Å². The average molecular weight is 544 g/mol. The van der Waals surface area contributed by atoms with Gasteiger partial charge in [0.2, 0.25) is 5.50 Å². The number of rotatable bonds is 11. The Hall–Kier alpha value is -2.53. The van der Waals surface area contributed by atoms with Crippen LogP contribution in [-0.2, 0) is 28.2 Å². The molecule has 1 atom stereocenters. The summed E-state index contributed by atoms with van der Waals surface area (Å²) in [4.78, 5) is 42.0. The van der Waals surface area contributed by atoms with Crippen LogP contribution >= 0.6 is 18.9 Å². The van der Waals surface area contributed by atoms with Crippen molar-refractivity contribution in [2.24, 2.45) is 5.41 Å². The van der Waals surface area contributed by atoms with E-state index in [4.69, 9.17) is 24.1 Å². The van der Waals surface area contributed by atoms with Crippen molar-refractivity contribution >= 4 is 47.2 Å². The molecule has 0 aliphatic rings. The number of hydrogen-bond donors (Lipinski definition) is 2. The van der Waals surface area contributed by atoms with Crippen LogP contribution in [0.5, 0.6) is 0 Å². The van der Waals surface area contributed by atoms with Crippen molar-refractivity contribution in [3.05, 3.63) is 17.0 Å². The molecule has 0 radical (unpaired) electrons. The van der Waals surface area contributed by atoms with Crippen molar-refractivity contribution in [1.82, 2.24) is 10.1 Å². The van der Waals surface area contributed by atoms with Gasteiger partial charge in [0.05, 0.1) is 12.7 Å². The van der Waals surface area contributed by atoms with Gasteiger partial charge in [-0.1, -0.05) is 32.1 Å².